The molecular weight excluding hydrogens is 180 g/mol. The summed E-state index contributed by atoms with van der Waals surface area (Å²) < 4.78 is 5.32. The molecule has 78 valence electrons. The molecule has 1 rings (SSSR count). The number of ketones is 1. The van der Waals surface area contributed by atoms with E-state index >= 15 is 0 Å². The van der Waals surface area contributed by atoms with Crippen LogP contribution in [-0.2, 0) is 0 Å². The lowest BCUT2D eigenvalue weighted by atomic mass is 10.1. The fourth-order valence-electron chi connectivity index (χ4n) is 1.43. The van der Waals surface area contributed by atoms with Gasteiger partial charge in [0, 0.05) is 0 Å². The minimum Gasteiger partial charge on any atom is -0.463 e. The molecule has 0 saturated carbocycles. The van der Waals surface area contributed by atoms with Gasteiger partial charge in [-0.25, -0.2) is 0 Å². The number of aliphatic hydroxyl groups excluding tert-OH is 1. The van der Waals surface area contributed by atoms with Gasteiger partial charge in [0.05, 0.1) is 5.56 Å². The van der Waals surface area contributed by atoms with Gasteiger partial charge in [-0.05, 0) is 26.3 Å². The molecule has 0 aliphatic carbocycles. The average molecular weight is 196 g/mol. The van der Waals surface area contributed by atoms with Crippen molar-refractivity contribution in [3.05, 3.63) is 23.2 Å². The van der Waals surface area contributed by atoms with E-state index in [0.717, 1.165) is 6.42 Å². The second-order valence-electron chi connectivity index (χ2n) is 3.48. The van der Waals surface area contributed by atoms with E-state index in [9.17, 15) is 9.90 Å². The summed E-state index contributed by atoms with van der Waals surface area (Å²) in [6.45, 7) is 5.22. The van der Waals surface area contributed by atoms with Crippen molar-refractivity contribution >= 4 is 5.78 Å². The zero-order valence-corrected chi connectivity index (χ0v) is 8.83. The first kappa shape index (κ1) is 11.0. The van der Waals surface area contributed by atoms with Gasteiger partial charge in [-0.2, -0.15) is 0 Å². The van der Waals surface area contributed by atoms with Crippen LogP contribution in [0.2, 0.25) is 0 Å². The molecule has 1 aromatic rings. The lowest BCUT2D eigenvalue weighted by Gasteiger charge is -2.03. The van der Waals surface area contributed by atoms with Crippen molar-refractivity contribution in [3.63, 3.8) is 0 Å². The summed E-state index contributed by atoms with van der Waals surface area (Å²) in [5.41, 5.74) is 0.565. The molecule has 1 N–H and O–H groups in total. The Kier molecular flexibility index (Phi) is 3.47. The third-order valence-corrected chi connectivity index (χ3v) is 2.21. The van der Waals surface area contributed by atoms with E-state index in [1.807, 2.05) is 6.92 Å². The molecule has 0 amide bonds. The van der Waals surface area contributed by atoms with Crippen molar-refractivity contribution in [2.24, 2.45) is 0 Å². The van der Waals surface area contributed by atoms with Crippen LogP contribution < -0.4 is 0 Å². The van der Waals surface area contributed by atoms with Gasteiger partial charge < -0.3 is 9.52 Å². The third kappa shape index (κ3) is 2.23. The molecule has 3 nitrogen and oxygen atoms in total. The number of hydrogen-bond acceptors (Lipinski definition) is 3. The topological polar surface area (TPSA) is 50.4 Å². The van der Waals surface area contributed by atoms with Crippen molar-refractivity contribution in [1.82, 2.24) is 0 Å². The Morgan fingerprint density at radius 2 is 2.29 bits per heavy atom. The molecule has 1 atom stereocenters. The van der Waals surface area contributed by atoms with E-state index < -0.39 is 6.10 Å². The van der Waals surface area contributed by atoms with Gasteiger partial charge in [-0.1, -0.05) is 13.3 Å². The first-order valence-corrected chi connectivity index (χ1v) is 4.85. The number of aryl methyl sites for hydroxylation is 1. The number of rotatable bonds is 4. The van der Waals surface area contributed by atoms with E-state index in [2.05, 4.69) is 0 Å². The predicted octanol–water partition coefficient (Wildman–Crippen LogP) is 2.62. The molecule has 14 heavy (non-hydrogen) atoms. The SMILES string of the molecule is CCC[C@@H](O)c1cc(C(C)=O)c(C)o1. The molecule has 0 saturated heterocycles. The number of carbonyl (C=O) groups excluding carboxylic acids is 1. The maximum atomic E-state index is 11.1. The quantitative estimate of drug-likeness (QED) is 0.753. The minimum atomic E-state index is -0.591. The van der Waals surface area contributed by atoms with Crippen molar-refractivity contribution in [1.29, 1.82) is 0 Å². The fourth-order valence-corrected chi connectivity index (χ4v) is 1.43. The summed E-state index contributed by atoms with van der Waals surface area (Å²) in [7, 11) is 0. The van der Waals surface area contributed by atoms with Crippen LogP contribution in [0.25, 0.3) is 0 Å². The Balaban J connectivity index is 2.90. The van der Waals surface area contributed by atoms with E-state index in [1.165, 1.54) is 6.92 Å². The summed E-state index contributed by atoms with van der Waals surface area (Å²) in [5, 5.41) is 9.64. The molecule has 0 aliphatic heterocycles. The average Bonchev–Trinajstić information content (AvgIpc) is 2.48. The Bertz CT molecular complexity index is 325. The molecule has 0 spiro atoms. The lowest BCUT2D eigenvalue weighted by Crippen LogP contribution is -1.94. The van der Waals surface area contributed by atoms with Gasteiger partial charge in [-0.15, -0.1) is 0 Å². The minimum absolute atomic E-state index is 0.0267. The summed E-state index contributed by atoms with van der Waals surface area (Å²) in [6, 6.07) is 1.64. The highest BCUT2D eigenvalue weighted by Gasteiger charge is 2.16. The monoisotopic (exact) mass is 196 g/mol. The van der Waals surface area contributed by atoms with Crippen molar-refractivity contribution < 1.29 is 14.3 Å². The van der Waals surface area contributed by atoms with Crippen molar-refractivity contribution in [2.75, 3.05) is 0 Å². The third-order valence-electron chi connectivity index (χ3n) is 2.21. The summed E-state index contributed by atoms with van der Waals surface area (Å²) in [6.07, 6.45) is 0.951. The fraction of sp³-hybridized carbons (Fsp3) is 0.545. The number of Topliss-reactive ketones (excluding diaryl/α,β-unsaturated/α-hetero) is 1. The molecule has 0 aromatic carbocycles. The molecule has 0 radical (unpaired) electrons. The maximum absolute atomic E-state index is 11.1. The zero-order chi connectivity index (χ0) is 10.7. The predicted molar refractivity (Wildman–Crippen MR) is 53.3 cm³/mol. The summed E-state index contributed by atoms with van der Waals surface area (Å²) in [4.78, 5) is 11.1. The molecule has 1 aromatic heterocycles. The number of furan rings is 1. The maximum Gasteiger partial charge on any atom is 0.163 e. The van der Waals surface area contributed by atoms with Crippen LogP contribution in [0.4, 0.5) is 0 Å². The van der Waals surface area contributed by atoms with Gasteiger partial charge in [0.15, 0.2) is 5.78 Å². The Hall–Kier alpha value is -1.09. The van der Waals surface area contributed by atoms with Crippen LogP contribution in [0.5, 0.6) is 0 Å². The van der Waals surface area contributed by atoms with E-state index in [-0.39, 0.29) is 5.78 Å². The second kappa shape index (κ2) is 4.42. The largest absolute Gasteiger partial charge is 0.463 e. The van der Waals surface area contributed by atoms with Crippen molar-refractivity contribution in [3.8, 4) is 0 Å². The molecule has 0 bridgehead atoms. The number of hydrogen-bond donors (Lipinski definition) is 1. The highest BCUT2D eigenvalue weighted by Crippen LogP contribution is 2.24. The molecule has 0 fully saturated rings. The van der Waals surface area contributed by atoms with Crippen LogP contribution in [0.3, 0.4) is 0 Å². The molecule has 1 heterocycles. The molecule has 3 heteroatoms. The lowest BCUT2D eigenvalue weighted by molar-refractivity contribution is 0.101. The van der Waals surface area contributed by atoms with Crippen LogP contribution in [0, 0.1) is 6.92 Å². The normalized spacial score (nSPS) is 12.9. The highest BCUT2D eigenvalue weighted by atomic mass is 16.4. The van der Waals surface area contributed by atoms with E-state index in [4.69, 9.17) is 4.42 Å². The first-order valence-electron chi connectivity index (χ1n) is 4.85. The van der Waals surface area contributed by atoms with Crippen LogP contribution in [-0.4, -0.2) is 10.9 Å². The van der Waals surface area contributed by atoms with Crippen LogP contribution in [0.1, 0.15) is 54.7 Å². The number of aliphatic hydroxyl groups is 1. The van der Waals surface area contributed by atoms with Crippen molar-refractivity contribution in [2.45, 2.75) is 39.7 Å². The number of carbonyl (C=O) groups is 1. The summed E-state index contributed by atoms with van der Waals surface area (Å²) >= 11 is 0. The van der Waals surface area contributed by atoms with Gasteiger partial charge in [0.1, 0.15) is 17.6 Å². The zero-order valence-electron chi connectivity index (χ0n) is 8.83. The van der Waals surface area contributed by atoms with Gasteiger partial charge in [-0.3, -0.25) is 4.79 Å². The van der Waals surface area contributed by atoms with Gasteiger partial charge in [0.2, 0.25) is 0 Å². The Morgan fingerprint density at radius 3 is 2.71 bits per heavy atom. The molecular formula is C11H16O3. The summed E-state index contributed by atoms with van der Waals surface area (Å²) in [5.74, 6) is 1.05. The highest BCUT2D eigenvalue weighted by molar-refractivity contribution is 5.95. The molecule has 0 aliphatic rings. The molecule has 0 unspecified atom stereocenters. The Labute approximate surface area is 83.7 Å². The standard InChI is InChI=1S/C11H16O3/c1-4-5-10(13)11-6-9(7(2)12)8(3)14-11/h6,10,13H,4-5H2,1-3H3/t10-/m1/s1. The van der Waals surface area contributed by atoms with Gasteiger partial charge >= 0.3 is 0 Å². The van der Waals surface area contributed by atoms with Gasteiger partial charge in [0.25, 0.3) is 0 Å². The van der Waals surface area contributed by atoms with Crippen LogP contribution in [0.15, 0.2) is 10.5 Å². The van der Waals surface area contributed by atoms with Crippen LogP contribution >= 0.6 is 0 Å². The first-order chi connectivity index (χ1) is 6.56. The van der Waals surface area contributed by atoms with E-state index in [0.29, 0.717) is 23.5 Å². The Morgan fingerprint density at radius 1 is 1.64 bits per heavy atom. The smallest absolute Gasteiger partial charge is 0.163 e. The second-order valence-corrected chi connectivity index (χ2v) is 3.48. The van der Waals surface area contributed by atoms with E-state index in [1.54, 1.807) is 13.0 Å².